The molecule has 0 aliphatic heterocycles. The van der Waals surface area contributed by atoms with E-state index in [-0.39, 0.29) is 12.4 Å². The highest BCUT2D eigenvalue weighted by molar-refractivity contribution is 9.09. The molecule has 3 unspecified atom stereocenters. The van der Waals surface area contributed by atoms with E-state index in [4.69, 9.17) is 9.47 Å². The highest BCUT2D eigenvalue weighted by atomic mass is 79.9. The van der Waals surface area contributed by atoms with E-state index in [0.29, 0.717) is 5.92 Å². The lowest BCUT2D eigenvalue weighted by atomic mass is 10.1. The van der Waals surface area contributed by atoms with Gasteiger partial charge in [-0.05, 0) is 12.3 Å². The Morgan fingerprint density at radius 1 is 1.67 bits per heavy atom. The fourth-order valence-electron chi connectivity index (χ4n) is 1.26. The highest BCUT2D eigenvalue weighted by Gasteiger charge is 2.21. The summed E-state index contributed by atoms with van der Waals surface area (Å²) >= 11 is 3.33. The van der Waals surface area contributed by atoms with E-state index < -0.39 is 0 Å². The SMILES string of the molecule is COC(CBr)OC1C=CCC1C. The van der Waals surface area contributed by atoms with Crippen LogP contribution in [0.1, 0.15) is 13.3 Å². The second kappa shape index (κ2) is 5.00. The van der Waals surface area contributed by atoms with Crippen LogP contribution in [0.5, 0.6) is 0 Å². The van der Waals surface area contributed by atoms with Crippen LogP contribution in [0.4, 0.5) is 0 Å². The van der Waals surface area contributed by atoms with Gasteiger partial charge in [-0.1, -0.05) is 35.0 Å². The van der Waals surface area contributed by atoms with E-state index in [0.717, 1.165) is 11.8 Å². The third-order valence-corrected chi connectivity index (χ3v) is 2.62. The first-order valence-corrected chi connectivity index (χ1v) is 5.31. The summed E-state index contributed by atoms with van der Waals surface area (Å²) in [5.41, 5.74) is 0. The van der Waals surface area contributed by atoms with E-state index in [2.05, 4.69) is 35.0 Å². The van der Waals surface area contributed by atoms with E-state index in [9.17, 15) is 0 Å². The van der Waals surface area contributed by atoms with Crippen molar-refractivity contribution in [1.29, 1.82) is 0 Å². The Hall–Kier alpha value is 0.140. The Morgan fingerprint density at radius 2 is 2.42 bits per heavy atom. The van der Waals surface area contributed by atoms with Gasteiger partial charge in [0.25, 0.3) is 0 Å². The number of ether oxygens (including phenoxy) is 2. The predicted octanol–water partition coefficient (Wildman–Crippen LogP) is 2.33. The molecular formula is C9H15BrO2. The van der Waals surface area contributed by atoms with Crippen LogP contribution < -0.4 is 0 Å². The number of allylic oxidation sites excluding steroid dienone is 1. The van der Waals surface area contributed by atoms with Gasteiger partial charge < -0.3 is 9.47 Å². The molecule has 0 radical (unpaired) electrons. The number of hydrogen-bond acceptors (Lipinski definition) is 2. The molecule has 0 fully saturated rings. The standard InChI is InChI=1S/C9H15BrO2/c1-7-4-3-5-8(7)12-9(6-10)11-2/h3,5,7-9H,4,6H2,1-2H3. The molecule has 1 aliphatic rings. The summed E-state index contributed by atoms with van der Waals surface area (Å²) in [6.45, 7) is 2.19. The number of halogens is 1. The highest BCUT2D eigenvalue weighted by Crippen LogP contribution is 2.22. The lowest BCUT2D eigenvalue weighted by molar-refractivity contribution is -0.136. The van der Waals surface area contributed by atoms with Crippen LogP contribution >= 0.6 is 15.9 Å². The summed E-state index contributed by atoms with van der Waals surface area (Å²) in [5.74, 6) is 0.585. The molecule has 0 N–H and O–H groups in total. The number of rotatable bonds is 4. The van der Waals surface area contributed by atoms with Gasteiger partial charge in [0.15, 0.2) is 6.29 Å². The number of methoxy groups -OCH3 is 1. The van der Waals surface area contributed by atoms with E-state index in [1.807, 2.05) is 0 Å². The molecule has 0 aromatic carbocycles. The molecule has 0 bridgehead atoms. The predicted molar refractivity (Wildman–Crippen MR) is 52.4 cm³/mol. The van der Waals surface area contributed by atoms with E-state index >= 15 is 0 Å². The Labute approximate surface area is 82.1 Å². The lowest BCUT2D eigenvalue weighted by Gasteiger charge is -2.21. The van der Waals surface area contributed by atoms with Crippen molar-refractivity contribution in [1.82, 2.24) is 0 Å². The van der Waals surface area contributed by atoms with Crippen molar-refractivity contribution < 1.29 is 9.47 Å². The van der Waals surface area contributed by atoms with Crippen LogP contribution in [0.2, 0.25) is 0 Å². The molecule has 0 aromatic rings. The first-order valence-electron chi connectivity index (χ1n) is 4.18. The molecule has 3 atom stereocenters. The quantitative estimate of drug-likeness (QED) is 0.423. The Balaban J connectivity index is 2.33. The van der Waals surface area contributed by atoms with E-state index in [1.54, 1.807) is 7.11 Å². The molecule has 0 spiro atoms. The van der Waals surface area contributed by atoms with Crippen LogP contribution in [-0.4, -0.2) is 24.8 Å². The van der Waals surface area contributed by atoms with Crippen LogP contribution in [0.25, 0.3) is 0 Å². The van der Waals surface area contributed by atoms with Crippen LogP contribution in [0.3, 0.4) is 0 Å². The maximum Gasteiger partial charge on any atom is 0.167 e. The molecule has 0 heterocycles. The van der Waals surface area contributed by atoms with Gasteiger partial charge in [-0.2, -0.15) is 0 Å². The molecule has 1 rings (SSSR count). The second-order valence-corrected chi connectivity index (χ2v) is 3.71. The molecule has 12 heavy (non-hydrogen) atoms. The van der Waals surface area contributed by atoms with Crippen molar-refractivity contribution >= 4 is 15.9 Å². The van der Waals surface area contributed by atoms with Crippen LogP contribution in [0.15, 0.2) is 12.2 Å². The maximum absolute atomic E-state index is 5.67. The lowest BCUT2D eigenvalue weighted by Crippen LogP contribution is -2.26. The molecule has 0 aromatic heterocycles. The van der Waals surface area contributed by atoms with Crippen molar-refractivity contribution in [3.05, 3.63) is 12.2 Å². The van der Waals surface area contributed by atoms with Crippen molar-refractivity contribution in [2.75, 3.05) is 12.4 Å². The minimum Gasteiger partial charge on any atom is -0.355 e. The third kappa shape index (κ3) is 2.57. The van der Waals surface area contributed by atoms with Gasteiger partial charge in [0.1, 0.15) is 0 Å². The zero-order valence-electron chi connectivity index (χ0n) is 7.50. The van der Waals surface area contributed by atoms with Gasteiger partial charge in [-0.3, -0.25) is 0 Å². The molecule has 70 valence electrons. The maximum atomic E-state index is 5.67. The average Bonchev–Trinajstić information content (AvgIpc) is 2.47. The summed E-state index contributed by atoms with van der Waals surface area (Å²) in [5, 5.41) is 0.723. The van der Waals surface area contributed by atoms with Crippen molar-refractivity contribution in [3.63, 3.8) is 0 Å². The fourth-order valence-corrected chi connectivity index (χ4v) is 1.68. The first kappa shape index (κ1) is 10.2. The summed E-state index contributed by atoms with van der Waals surface area (Å²) in [4.78, 5) is 0. The minimum atomic E-state index is -0.125. The Bertz CT molecular complexity index is 155. The molecule has 2 nitrogen and oxygen atoms in total. The molecule has 3 heteroatoms. The second-order valence-electron chi connectivity index (χ2n) is 3.06. The van der Waals surface area contributed by atoms with E-state index in [1.165, 1.54) is 0 Å². The molecule has 0 saturated heterocycles. The van der Waals surface area contributed by atoms with Gasteiger partial charge >= 0.3 is 0 Å². The molecular weight excluding hydrogens is 220 g/mol. The topological polar surface area (TPSA) is 18.5 Å². The summed E-state index contributed by atoms with van der Waals surface area (Å²) < 4.78 is 10.8. The van der Waals surface area contributed by atoms with Crippen molar-refractivity contribution in [3.8, 4) is 0 Å². The Morgan fingerprint density at radius 3 is 2.83 bits per heavy atom. The van der Waals surface area contributed by atoms with Crippen molar-refractivity contribution in [2.45, 2.75) is 25.7 Å². The average molecular weight is 235 g/mol. The summed E-state index contributed by atoms with van der Waals surface area (Å²) in [6.07, 6.45) is 5.49. The number of alkyl halides is 1. The summed E-state index contributed by atoms with van der Waals surface area (Å²) in [7, 11) is 1.66. The normalized spacial score (nSPS) is 30.9. The molecule has 0 amide bonds. The van der Waals surface area contributed by atoms with Gasteiger partial charge in [0.2, 0.25) is 0 Å². The largest absolute Gasteiger partial charge is 0.355 e. The zero-order chi connectivity index (χ0) is 8.97. The van der Waals surface area contributed by atoms with Gasteiger partial charge in [0, 0.05) is 7.11 Å². The fraction of sp³-hybridized carbons (Fsp3) is 0.778. The van der Waals surface area contributed by atoms with Crippen LogP contribution in [-0.2, 0) is 9.47 Å². The smallest absolute Gasteiger partial charge is 0.167 e. The van der Waals surface area contributed by atoms with Gasteiger partial charge in [-0.15, -0.1) is 0 Å². The van der Waals surface area contributed by atoms with Gasteiger partial charge in [0.05, 0.1) is 11.4 Å². The Kier molecular flexibility index (Phi) is 4.26. The molecule has 0 saturated carbocycles. The van der Waals surface area contributed by atoms with Crippen LogP contribution in [0, 0.1) is 5.92 Å². The monoisotopic (exact) mass is 234 g/mol. The molecule has 1 aliphatic carbocycles. The van der Waals surface area contributed by atoms with Gasteiger partial charge in [-0.25, -0.2) is 0 Å². The third-order valence-electron chi connectivity index (χ3n) is 2.09. The number of hydrogen-bond donors (Lipinski definition) is 0. The first-order chi connectivity index (χ1) is 5.77. The minimum absolute atomic E-state index is 0.125. The zero-order valence-corrected chi connectivity index (χ0v) is 9.08. The summed E-state index contributed by atoms with van der Waals surface area (Å²) in [6, 6.07) is 0. The van der Waals surface area contributed by atoms with Crippen molar-refractivity contribution in [2.24, 2.45) is 5.92 Å².